The summed E-state index contributed by atoms with van der Waals surface area (Å²) in [6.07, 6.45) is 3.64. The van der Waals surface area contributed by atoms with Gasteiger partial charge in [0.1, 0.15) is 0 Å². The molecule has 0 aliphatic rings. The Kier molecular flexibility index (Phi) is 2.72. The van der Waals surface area contributed by atoms with E-state index in [4.69, 9.17) is 0 Å². The van der Waals surface area contributed by atoms with Gasteiger partial charge in [0.15, 0.2) is 0 Å². The maximum Gasteiger partial charge on any atom is 0.0728 e. The van der Waals surface area contributed by atoms with Crippen LogP contribution < -0.4 is 5.32 Å². The third-order valence-electron chi connectivity index (χ3n) is 2.42. The maximum absolute atomic E-state index is 3.90. The summed E-state index contributed by atoms with van der Waals surface area (Å²) in [7, 11) is 0. The van der Waals surface area contributed by atoms with Gasteiger partial charge in [0.05, 0.1) is 11.9 Å². The number of anilines is 1. The smallest absolute Gasteiger partial charge is 0.0728 e. The lowest BCUT2D eigenvalue weighted by Crippen LogP contribution is -2.05. The monoisotopic (exact) mass is 201 g/mol. The van der Waals surface area contributed by atoms with E-state index in [1.807, 2.05) is 6.20 Å². The predicted octanol–water partition coefficient (Wildman–Crippen LogP) is 2.89. The number of nitrogens with zero attached hydrogens (tertiary/aromatic N) is 1. The molecule has 2 rings (SSSR count). The molecule has 0 saturated heterocycles. The molecule has 2 aromatic rings. The quantitative estimate of drug-likeness (QED) is 0.801. The van der Waals surface area contributed by atoms with E-state index in [2.05, 4.69) is 53.6 Å². The molecule has 0 radical (unpaired) electrons. The van der Waals surface area contributed by atoms with E-state index in [1.165, 1.54) is 11.1 Å². The first-order valence-corrected chi connectivity index (χ1v) is 5.07. The number of H-pyrrole nitrogens is 1. The Hall–Kier alpha value is -1.77. The molecule has 1 atom stereocenters. The molecular weight excluding hydrogens is 186 g/mol. The zero-order valence-electron chi connectivity index (χ0n) is 8.99. The van der Waals surface area contributed by atoms with Crippen molar-refractivity contribution in [3.05, 3.63) is 47.8 Å². The summed E-state index contributed by atoms with van der Waals surface area (Å²) in [5.74, 6) is 0. The first-order valence-electron chi connectivity index (χ1n) is 5.07. The van der Waals surface area contributed by atoms with E-state index in [0.29, 0.717) is 6.04 Å². The second-order valence-electron chi connectivity index (χ2n) is 3.77. The Balaban J connectivity index is 2.11. The molecule has 78 valence electrons. The molecule has 0 saturated carbocycles. The Morgan fingerprint density at radius 2 is 2.27 bits per heavy atom. The van der Waals surface area contributed by atoms with Crippen molar-refractivity contribution in [1.29, 1.82) is 0 Å². The predicted molar refractivity (Wildman–Crippen MR) is 61.8 cm³/mol. The molecule has 0 amide bonds. The highest BCUT2D eigenvalue weighted by Gasteiger charge is 2.05. The van der Waals surface area contributed by atoms with Gasteiger partial charge < -0.3 is 5.32 Å². The van der Waals surface area contributed by atoms with Crippen molar-refractivity contribution >= 4 is 5.69 Å². The number of aromatic amines is 1. The SMILES string of the molecule is Cc1cccc(C(C)Nc2cn[nH]c2)c1. The lowest BCUT2D eigenvalue weighted by atomic mass is 10.1. The van der Waals surface area contributed by atoms with E-state index < -0.39 is 0 Å². The van der Waals surface area contributed by atoms with Crippen LogP contribution >= 0.6 is 0 Å². The fraction of sp³-hybridized carbons (Fsp3) is 0.250. The van der Waals surface area contributed by atoms with E-state index >= 15 is 0 Å². The number of hydrogen-bond acceptors (Lipinski definition) is 2. The number of rotatable bonds is 3. The molecule has 1 unspecified atom stereocenters. The van der Waals surface area contributed by atoms with E-state index in [-0.39, 0.29) is 0 Å². The van der Waals surface area contributed by atoms with Crippen molar-refractivity contribution in [2.75, 3.05) is 5.32 Å². The van der Waals surface area contributed by atoms with Crippen LogP contribution in [0.2, 0.25) is 0 Å². The number of nitrogens with one attached hydrogen (secondary N) is 2. The Morgan fingerprint density at radius 3 is 2.93 bits per heavy atom. The molecule has 3 heteroatoms. The molecule has 0 spiro atoms. The average Bonchev–Trinajstić information content (AvgIpc) is 2.70. The Labute approximate surface area is 89.5 Å². The molecule has 2 N–H and O–H groups in total. The van der Waals surface area contributed by atoms with Crippen molar-refractivity contribution in [1.82, 2.24) is 10.2 Å². The number of hydrogen-bond donors (Lipinski definition) is 2. The molecule has 0 bridgehead atoms. The molecular formula is C12H15N3. The number of aryl methyl sites for hydroxylation is 1. The molecule has 1 aromatic carbocycles. The minimum absolute atomic E-state index is 0.294. The summed E-state index contributed by atoms with van der Waals surface area (Å²) >= 11 is 0. The third-order valence-corrected chi connectivity index (χ3v) is 2.42. The van der Waals surface area contributed by atoms with Crippen LogP contribution in [0.1, 0.15) is 24.1 Å². The summed E-state index contributed by atoms with van der Waals surface area (Å²) in [5.41, 5.74) is 3.59. The average molecular weight is 201 g/mol. The van der Waals surface area contributed by atoms with Gasteiger partial charge in [-0.05, 0) is 19.4 Å². The number of aromatic nitrogens is 2. The van der Waals surface area contributed by atoms with Gasteiger partial charge in [-0.15, -0.1) is 0 Å². The zero-order valence-corrected chi connectivity index (χ0v) is 8.99. The van der Waals surface area contributed by atoms with Crippen molar-refractivity contribution < 1.29 is 0 Å². The molecule has 1 heterocycles. The lowest BCUT2D eigenvalue weighted by molar-refractivity contribution is 0.883. The highest BCUT2D eigenvalue weighted by atomic mass is 15.1. The molecule has 1 aromatic heterocycles. The molecule has 0 aliphatic heterocycles. The van der Waals surface area contributed by atoms with Gasteiger partial charge in [0.25, 0.3) is 0 Å². The largest absolute Gasteiger partial charge is 0.376 e. The topological polar surface area (TPSA) is 40.7 Å². The molecule has 15 heavy (non-hydrogen) atoms. The van der Waals surface area contributed by atoms with E-state index in [9.17, 15) is 0 Å². The van der Waals surface area contributed by atoms with Gasteiger partial charge in [0.2, 0.25) is 0 Å². The second kappa shape index (κ2) is 4.17. The van der Waals surface area contributed by atoms with Crippen LogP contribution in [-0.4, -0.2) is 10.2 Å². The first-order chi connectivity index (χ1) is 7.25. The lowest BCUT2D eigenvalue weighted by Gasteiger charge is -2.14. The summed E-state index contributed by atoms with van der Waals surface area (Å²) in [5, 5.41) is 10.1. The van der Waals surface area contributed by atoms with Crippen LogP contribution in [0.3, 0.4) is 0 Å². The summed E-state index contributed by atoms with van der Waals surface area (Å²) in [4.78, 5) is 0. The maximum atomic E-state index is 3.90. The summed E-state index contributed by atoms with van der Waals surface area (Å²) in [6.45, 7) is 4.25. The van der Waals surface area contributed by atoms with Gasteiger partial charge >= 0.3 is 0 Å². The van der Waals surface area contributed by atoms with Gasteiger partial charge in [0, 0.05) is 12.2 Å². The van der Waals surface area contributed by atoms with Crippen molar-refractivity contribution in [2.45, 2.75) is 19.9 Å². The minimum Gasteiger partial charge on any atom is -0.376 e. The van der Waals surface area contributed by atoms with Crippen LogP contribution in [0.4, 0.5) is 5.69 Å². The Bertz CT molecular complexity index is 420. The molecule has 3 nitrogen and oxygen atoms in total. The molecule has 0 fully saturated rings. The standard InChI is InChI=1S/C12H15N3/c1-9-4-3-5-11(6-9)10(2)15-12-7-13-14-8-12/h3-8,10,15H,1-2H3,(H,13,14). The van der Waals surface area contributed by atoms with Crippen LogP contribution in [0.5, 0.6) is 0 Å². The van der Waals surface area contributed by atoms with E-state index in [1.54, 1.807) is 6.20 Å². The normalized spacial score (nSPS) is 12.4. The first kappa shape index (κ1) is 9.77. The van der Waals surface area contributed by atoms with Gasteiger partial charge in [-0.2, -0.15) is 5.10 Å². The van der Waals surface area contributed by atoms with Crippen molar-refractivity contribution in [3.8, 4) is 0 Å². The Morgan fingerprint density at radius 1 is 1.40 bits per heavy atom. The summed E-state index contributed by atoms with van der Waals surface area (Å²) < 4.78 is 0. The zero-order chi connectivity index (χ0) is 10.7. The minimum atomic E-state index is 0.294. The van der Waals surface area contributed by atoms with Crippen LogP contribution in [0.25, 0.3) is 0 Å². The fourth-order valence-corrected chi connectivity index (χ4v) is 1.60. The highest BCUT2D eigenvalue weighted by molar-refractivity contribution is 5.41. The highest BCUT2D eigenvalue weighted by Crippen LogP contribution is 2.18. The van der Waals surface area contributed by atoms with Crippen molar-refractivity contribution in [3.63, 3.8) is 0 Å². The van der Waals surface area contributed by atoms with Gasteiger partial charge in [-0.1, -0.05) is 29.8 Å². The van der Waals surface area contributed by atoms with Crippen LogP contribution in [0, 0.1) is 6.92 Å². The molecule has 0 aliphatic carbocycles. The fourth-order valence-electron chi connectivity index (χ4n) is 1.60. The summed E-state index contributed by atoms with van der Waals surface area (Å²) in [6, 6.07) is 8.80. The second-order valence-corrected chi connectivity index (χ2v) is 3.77. The van der Waals surface area contributed by atoms with Gasteiger partial charge in [-0.3, -0.25) is 5.10 Å². The van der Waals surface area contributed by atoms with E-state index in [0.717, 1.165) is 5.69 Å². The van der Waals surface area contributed by atoms with Crippen LogP contribution in [-0.2, 0) is 0 Å². The third kappa shape index (κ3) is 2.37. The van der Waals surface area contributed by atoms with Gasteiger partial charge in [-0.25, -0.2) is 0 Å². The number of benzene rings is 1. The van der Waals surface area contributed by atoms with Crippen LogP contribution in [0.15, 0.2) is 36.7 Å². The van der Waals surface area contributed by atoms with Crippen molar-refractivity contribution in [2.24, 2.45) is 0 Å².